The van der Waals surface area contributed by atoms with Gasteiger partial charge < -0.3 is 9.64 Å². The Balaban J connectivity index is 3.04. The molecule has 0 fully saturated rings. The number of alkyl halides is 3. The van der Waals surface area contributed by atoms with Gasteiger partial charge in [0.25, 0.3) is 0 Å². The summed E-state index contributed by atoms with van der Waals surface area (Å²) in [5, 5.41) is 0. The maximum absolute atomic E-state index is 13.5. The molecule has 1 rings (SSSR count). The molecule has 1 atom stereocenters. The molecule has 1 aromatic carbocycles. The zero-order valence-electron chi connectivity index (χ0n) is 11.6. The van der Waals surface area contributed by atoms with Gasteiger partial charge in [-0.2, -0.15) is 13.2 Å². The van der Waals surface area contributed by atoms with Gasteiger partial charge in [-0.1, -0.05) is 12.6 Å². The predicted octanol–water partition coefficient (Wildman–Crippen LogP) is 3.30. The fraction of sp³-hybridized carbons (Fsp3) is 0.357. The molecule has 1 aromatic rings. The lowest BCUT2D eigenvalue weighted by Gasteiger charge is -2.30. The van der Waals surface area contributed by atoms with Crippen LogP contribution < -0.4 is 4.74 Å². The molecule has 0 heterocycles. The summed E-state index contributed by atoms with van der Waals surface area (Å²) in [6, 6.07) is 1.72. The minimum Gasteiger partial charge on any atom is -0.494 e. The lowest BCUT2D eigenvalue weighted by atomic mass is 10.1. The van der Waals surface area contributed by atoms with Crippen molar-refractivity contribution in [1.82, 2.24) is 4.90 Å². The van der Waals surface area contributed by atoms with Crippen LogP contribution in [0.1, 0.15) is 12.5 Å². The second kappa shape index (κ2) is 6.60. The van der Waals surface area contributed by atoms with Crippen molar-refractivity contribution in [2.75, 3.05) is 7.11 Å². The van der Waals surface area contributed by atoms with Crippen LogP contribution in [0.5, 0.6) is 5.75 Å². The third kappa shape index (κ3) is 4.21. The number of nitrogens with zero attached hydrogens (tertiary/aromatic N) is 1. The maximum Gasteiger partial charge on any atom is 0.408 e. The van der Waals surface area contributed by atoms with Crippen LogP contribution >= 0.6 is 0 Å². The highest BCUT2D eigenvalue weighted by Crippen LogP contribution is 2.27. The Morgan fingerprint density at radius 3 is 2.52 bits per heavy atom. The maximum atomic E-state index is 13.5. The average Bonchev–Trinajstić information content (AvgIpc) is 2.42. The lowest BCUT2D eigenvalue weighted by molar-refractivity contribution is -0.185. The summed E-state index contributed by atoms with van der Waals surface area (Å²) in [5.74, 6) is -1.61. The molecule has 1 amide bonds. The van der Waals surface area contributed by atoms with E-state index in [0.717, 1.165) is 19.1 Å². The van der Waals surface area contributed by atoms with Crippen LogP contribution in [0.4, 0.5) is 17.6 Å². The monoisotopic (exact) mass is 305 g/mol. The smallest absolute Gasteiger partial charge is 0.408 e. The Hall–Kier alpha value is -2.05. The Labute approximate surface area is 119 Å². The van der Waals surface area contributed by atoms with E-state index in [4.69, 9.17) is 4.74 Å². The van der Waals surface area contributed by atoms with E-state index in [1.54, 1.807) is 0 Å². The molecule has 0 saturated carbocycles. The molecular weight excluding hydrogens is 290 g/mol. The summed E-state index contributed by atoms with van der Waals surface area (Å²) in [4.78, 5) is 12.2. The second-order valence-corrected chi connectivity index (χ2v) is 4.36. The Bertz CT molecular complexity index is 528. The van der Waals surface area contributed by atoms with Gasteiger partial charge in [0.1, 0.15) is 6.04 Å². The van der Waals surface area contributed by atoms with Gasteiger partial charge in [-0.3, -0.25) is 4.79 Å². The first-order chi connectivity index (χ1) is 9.70. The molecule has 0 radical (unpaired) electrons. The van der Waals surface area contributed by atoms with E-state index in [1.807, 2.05) is 0 Å². The van der Waals surface area contributed by atoms with Crippen LogP contribution in [0.2, 0.25) is 0 Å². The third-order valence-electron chi connectivity index (χ3n) is 2.97. The number of amides is 1. The second-order valence-electron chi connectivity index (χ2n) is 4.36. The van der Waals surface area contributed by atoms with Gasteiger partial charge in [0.2, 0.25) is 5.91 Å². The van der Waals surface area contributed by atoms with Crippen LogP contribution in [0.25, 0.3) is 0 Å². The zero-order chi connectivity index (χ0) is 16.2. The average molecular weight is 305 g/mol. The van der Waals surface area contributed by atoms with E-state index in [9.17, 15) is 22.4 Å². The van der Waals surface area contributed by atoms with Gasteiger partial charge in [0, 0.05) is 6.54 Å². The highest BCUT2D eigenvalue weighted by Gasteiger charge is 2.41. The van der Waals surface area contributed by atoms with E-state index in [2.05, 4.69) is 6.58 Å². The van der Waals surface area contributed by atoms with Crippen molar-refractivity contribution < 1.29 is 27.1 Å². The number of hydrogen-bond donors (Lipinski definition) is 0. The summed E-state index contributed by atoms with van der Waals surface area (Å²) in [5.41, 5.74) is 0.222. The quantitative estimate of drug-likeness (QED) is 0.617. The summed E-state index contributed by atoms with van der Waals surface area (Å²) in [6.45, 7) is 3.66. The molecule has 0 bridgehead atoms. The minimum atomic E-state index is -4.58. The molecule has 0 unspecified atom stereocenters. The van der Waals surface area contributed by atoms with E-state index in [1.165, 1.54) is 19.2 Å². The fourth-order valence-electron chi connectivity index (χ4n) is 1.70. The summed E-state index contributed by atoms with van der Waals surface area (Å²) >= 11 is 0. The SMILES string of the molecule is C=CC(=O)N(Cc1ccc(OC)c(F)c1)[C@H](C)C(F)(F)F. The van der Waals surface area contributed by atoms with Crippen LogP contribution in [-0.4, -0.2) is 30.1 Å². The van der Waals surface area contributed by atoms with Crippen molar-refractivity contribution in [3.63, 3.8) is 0 Å². The Morgan fingerprint density at radius 1 is 1.48 bits per heavy atom. The number of halogens is 4. The summed E-state index contributed by atoms with van der Waals surface area (Å²) < 4.78 is 56.6. The standard InChI is InChI=1S/C14H15F4NO2/c1-4-13(20)19(9(2)14(16,17)18)8-10-5-6-12(21-3)11(15)7-10/h4-7,9H,1,8H2,2-3H3/t9-/m1/s1. The molecule has 0 saturated heterocycles. The highest BCUT2D eigenvalue weighted by molar-refractivity contribution is 5.87. The third-order valence-corrected chi connectivity index (χ3v) is 2.97. The van der Waals surface area contributed by atoms with Crippen molar-refractivity contribution in [3.8, 4) is 5.75 Å². The van der Waals surface area contributed by atoms with Gasteiger partial charge in [0.15, 0.2) is 11.6 Å². The highest BCUT2D eigenvalue weighted by atomic mass is 19.4. The Morgan fingerprint density at radius 2 is 2.10 bits per heavy atom. The van der Waals surface area contributed by atoms with Gasteiger partial charge in [-0.15, -0.1) is 0 Å². The van der Waals surface area contributed by atoms with Crippen molar-refractivity contribution in [3.05, 3.63) is 42.2 Å². The topological polar surface area (TPSA) is 29.5 Å². The number of ether oxygens (including phenoxy) is 1. The number of carbonyl (C=O) groups excluding carboxylic acids is 1. The van der Waals surface area contributed by atoms with Crippen molar-refractivity contribution in [1.29, 1.82) is 0 Å². The van der Waals surface area contributed by atoms with Gasteiger partial charge >= 0.3 is 6.18 Å². The van der Waals surface area contributed by atoms with Crippen LogP contribution in [0.15, 0.2) is 30.9 Å². The molecule has 3 nitrogen and oxygen atoms in total. The normalized spacial score (nSPS) is 12.7. The largest absolute Gasteiger partial charge is 0.494 e. The molecule has 0 N–H and O–H groups in total. The van der Waals surface area contributed by atoms with Crippen LogP contribution in [-0.2, 0) is 11.3 Å². The molecule has 7 heteroatoms. The number of hydrogen-bond acceptors (Lipinski definition) is 2. The van der Waals surface area contributed by atoms with Crippen molar-refractivity contribution in [2.24, 2.45) is 0 Å². The number of methoxy groups -OCH3 is 1. The first-order valence-electron chi connectivity index (χ1n) is 6.02. The van der Waals surface area contributed by atoms with E-state index < -0.39 is 23.9 Å². The molecule has 116 valence electrons. The van der Waals surface area contributed by atoms with Crippen LogP contribution in [0.3, 0.4) is 0 Å². The molecule has 0 aliphatic rings. The zero-order valence-corrected chi connectivity index (χ0v) is 11.6. The first-order valence-corrected chi connectivity index (χ1v) is 6.02. The lowest BCUT2D eigenvalue weighted by Crippen LogP contribution is -2.45. The van der Waals surface area contributed by atoms with Gasteiger partial charge in [-0.25, -0.2) is 4.39 Å². The van der Waals surface area contributed by atoms with E-state index >= 15 is 0 Å². The number of carbonyl (C=O) groups is 1. The summed E-state index contributed by atoms with van der Waals surface area (Å²) in [6.07, 6.45) is -3.79. The molecule has 0 aliphatic heterocycles. The number of benzene rings is 1. The van der Waals surface area contributed by atoms with Gasteiger partial charge in [-0.05, 0) is 30.7 Å². The molecule has 21 heavy (non-hydrogen) atoms. The first kappa shape index (κ1) is 17.0. The van der Waals surface area contributed by atoms with E-state index in [0.29, 0.717) is 4.90 Å². The van der Waals surface area contributed by atoms with Gasteiger partial charge in [0.05, 0.1) is 7.11 Å². The minimum absolute atomic E-state index is 0.0239. The van der Waals surface area contributed by atoms with Crippen molar-refractivity contribution >= 4 is 5.91 Å². The van der Waals surface area contributed by atoms with Crippen molar-refractivity contribution in [2.45, 2.75) is 25.7 Å². The van der Waals surface area contributed by atoms with Crippen LogP contribution in [0, 0.1) is 5.82 Å². The molecular formula is C14H15F4NO2. The summed E-state index contributed by atoms with van der Waals surface area (Å²) in [7, 11) is 1.28. The fourth-order valence-corrected chi connectivity index (χ4v) is 1.70. The Kier molecular flexibility index (Phi) is 5.34. The van der Waals surface area contributed by atoms with E-state index in [-0.39, 0.29) is 17.9 Å². The number of rotatable bonds is 5. The molecule has 0 aromatic heterocycles. The molecule has 0 aliphatic carbocycles. The molecule has 0 spiro atoms. The predicted molar refractivity (Wildman–Crippen MR) is 69.2 cm³/mol.